The highest BCUT2D eigenvalue weighted by molar-refractivity contribution is 7.80. The van der Waals surface area contributed by atoms with E-state index in [9.17, 15) is 26.5 Å². The SMILES string of the molecule is Cc1cccc(-c2ccccc2P(=O)(Nc2c(F)c(F)c(F)c(F)c2F)c2ccccc2)c1. The summed E-state index contributed by atoms with van der Waals surface area (Å²) >= 11 is 0. The van der Waals surface area contributed by atoms with Crippen molar-refractivity contribution in [1.29, 1.82) is 0 Å². The van der Waals surface area contributed by atoms with Crippen LogP contribution in [0, 0.1) is 36.0 Å². The number of hydrogen-bond acceptors (Lipinski definition) is 1. The van der Waals surface area contributed by atoms with Gasteiger partial charge in [-0.25, -0.2) is 22.0 Å². The predicted molar refractivity (Wildman–Crippen MR) is 120 cm³/mol. The van der Waals surface area contributed by atoms with Gasteiger partial charge in [-0.1, -0.05) is 66.2 Å². The van der Waals surface area contributed by atoms with Crippen molar-refractivity contribution in [1.82, 2.24) is 0 Å². The molecule has 1 N–H and O–H groups in total. The van der Waals surface area contributed by atoms with Gasteiger partial charge in [-0.05, 0) is 36.2 Å². The molecule has 4 aromatic rings. The standard InChI is InChI=1S/C25H17F5NOP/c1-15-8-7-9-16(14-15)18-12-5-6-13-19(18)33(32,17-10-3-2-4-11-17)31-25-23(29)21(27)20(26)22(28)24(25)30/h2-14H,1H3,(H,31,32). The molecule has 0 aromatic heterocycles. The van der Waals surface area contributed by atoms with Crippen molar-refractivity contribution in [3.8, 4) is 11.1 Å². The number of benzene rings is 4. The molecular formula is C25H17F5NOP. The van der Waals surface area contributed by atoms with E-state index in [2.05, 4.69) is 5.09 Å². The zero-order valence-corrected chi connectivity index (χ0v) is 18.1. The Labute approximate surface area is 187 Å². The maximum atomic E-state index is 14.5. The van der Waals surface area contributed by atoms with E-state index in [1.165, 1.54) is 18.2 Å². The molecule has 0 heterocycles. The van der Waals surface area contributed by atoms with E-state index in [1.54, 1.807) is 48.5 Å². The van der Waals surface area contributed by atoms with Crippen LogP contribution in [0.3, 0.4) is 0 Å². The van der Waals surface area contributed by atoms with Crippen LogP contribution in [-0.4, -0.2) is 0 Å². The van der Waals surface area contributed by atoms with Crippen molar-refractivity contribution in [2.24, 2.45) is 0 Å². The summed E-state index contributed by atoms with van der Waals surface area (Å²) in [5, 5.41) is 2.51. The highest BCUT2D eigenvalue weighted by Crippen LogP contribution is 2.47. The molecule has 1 atom stereocenters. The van der Waals surface area contributed by atoms with Crippen LogP contribution >= 0.6 is 7.29 Å². The fourth-order valence-electron chi connectivity index (χ4n) is 3.57. The Morgan fingerprint density at radius 1 is 0.667 bits per heavy atom. The summed E-state index contributed by atoms with van der Waals surface area (Å²) in [7, 11) is -4.16. The van der Waals surface area contributed by atoms with Crippen molar-refractivity contribution in [3.05, 3.63) is 114 Å². The zero-order chi connectivity index (χ0) is 23.8. The summed E-state index contributed by atoms with van der Waals surface area (Å²) in [4.78, 5) is 0. The molecule has 0 amide bonds. The Hall–Kier alpha value is -3.44. The van der Waals surface area contributed by atoms with Gasteiger partial charge in [0.1, 0.15) is 5.69 Å². The minimum Gasteiger partial charge on any atom is -0.324 e. The van der Waals surface area contributed by atoms with Crippen LogP contribution in [0.15, 0.2) is 78.9 Å². The first-order chi connectivity index (χ1) is 15.7. The van der Waals surface area contributed by atoms with Gasteiger partial charge in [-0.15, -0.1) is 0 Å². The summed E-state index contributed by atoms with van der Waals surface area (Å²) in [5.41, 5.74) is 0.743. The van der Waals surface area contributed by atoms with Crippen LogP contribution in [0.5, 0.6) is 0 Å². The molecule has 33 heavy (non-hydrogen) atoms. The molecule has 0 aliphatic rings. The fraction of sp³-hybridized carbons (Fsp3) is 0.0400. The minimum absolute atomic E-state index is 0.133. The lowest BCUT2D eigenvalue weighted by Crippen LogP contribution is -2.24. The molecule has 0 aliphatic carbocycles. The lowest BCUT2D eigenvalue weighted by atomic mass is 10.0. The van der Waals surface area contributed by atoms with Gasteiger partial charge in [-0.3, -0.25) is 4.57 Å². The Morgan fingerprint density at radius 3 is 1.88 bits per heavy atom. The van der Waals surface area contributed by atoms with E-state index in [1.807, 2.05) is 19.1 Å². The fourth-order valence-corrected chi connectivity index (χ4v) is 6.04. The van der Waals surface area contributed by atoms with Gasteiger partial charge in [0.2, 0.25) is 13.1 Å². The Bertz CT molecular complexity index is 1360. The minimum atomic E-state index is -4.16. The van der Waals surface area contributed by atoms with E-state index >= 15 is 0 Å². The molecule has 0 spiro atoms. The Balaban J connectivity index is 2.00. The monoisotopic (exact) mass is 473 g/mol. The molecule has 0 bridgehead atoms. The summed E-state index contributed by atoms with van der Waals surface area (Å²) in [6.45, 7) is 1.87. The van der Waals surface area contributed by atoms with Crippen molar-refractivity contribution >= 4 is 23.6 Å². The number of hydrogen-bond donors (Lipinski definition) is 1. The average molecular weight is 473 g/mol. The molecular weight excluding hydrogens is 456 g/mol. The lowest BCUT2D eigenvalue weighted by molar-refractivity contribution is 0.382. The first-order valence-corrected chi connectivity index (χ1v) is 11.6. The number of rotatable bonds is 5. The maximum Gasteiger partial charge on any atom is 0.227 e. The summed E-state index contributed by atoms with van der Waals surface area (Å²) in [6.07, 6.45) is 0. The molecule has 4 rings (SSSR count). The topological polar surface area (TPSA) is 29.1 Å². The second-order valence-corrected chi connectivity index (χ2v) is 9.83. The van der Waals surface area contributed by atoms with Gasteiger partial charge in [-0.2, -0.15) is 0 Å². The first-order valence-electron chi connectivity index (χ1n) is 9.86. The van der Waals surface area contributed by atoms with E-state index in [4.69, 9.17) is 0 Å². The number of halogens is 5. The third kappa shape index (κ3) is 4.05. The van der Waals surface area contributed by atoms with Crippen molar-refractivity contribution in [3.63, 3.8) is 0 Å². The highest BCUT2D eigenvalue weighted by atomic mass is 31.2. The Morgan fingerprint density at radius 2 is 1.24 bits per heavy atom. The van der Waals surface area contributed by atoms with Crippen LogP contribution < -0.4 is 15.7 Å². The molecule has 2 nitrogen and oxygen atoms in total. The molecule has 4 aromatic carbocycles. The first kappa shape index (κ1) is 22.7. The molecule has 0 aliphatic heterocycles. The van der Waals surface area contributed by atoms with Gasteiger partial charge in [0.05, 0.1) is 0 Å². The van der Waals surface area contributed by atoms with Gasteiger partial charge in [0, 0.05) is 10.6 Å². The van der Waals surface area contributed by atoms with Crippen LogP contribution in [0.25, 0.3) is 11.1 Å². The van der Waals surface area contributed by atoms with Crippen LogP contribution in [0.2, 0.25) is 0 Å². The highest BCUT2D eigenvalue weighted by Gasteiger charge is 2.35. The molecule has 168 valence electrons. The van der Waals surface area contributed by atoms with E-state index in [0.717, 1.165) is 5.56 Å². The molecule has 0 radical (unpaired) electrons. The molecule has 0 saturated carbocycles. The third-order valence-electron chi connectivity index (χ3n) is 5.17. The van der Waals surface area contributed by atoms with Crippen LogP contribution in [0.4, 0.5) is 27.6 Å². The maximum absolute atomic E-state index is 14.5. The van der Waals surface area contributed by atoms with Crippen molar-refractivity contribution in [2.45, 2.75) is 6.92 Å². The van der Waals surface area contributed by atoms with Gasteiger partial charge in [0.25, 0.3) is 0 Å². The molecule has 0 saturated heterocycles. The molecule has 0 fully saturated rings. The van der Waals surface area contributed by atoms with E-state index in [0.29, 0.717) is 11.1 Å². The van der Waals surface area contributed by atoms with E-state index in [-0.39, 0.29) is 10.6 Å². The molecule has 1 unspecified atom stereocenters. The normalized spacial score (nSPS) is 12.9. The number of nitrogens with one attached hydrogen (secondary N) is 1. The number of anilines is 1. The van der Waals surface area contributed by atoms with Gasteiger partial charge < -0.3 is 5.09 Å². The second-order valence-electron chi connectivity index (χ2n) is 7.39. The van der Waals surface area contributed by atoms with Crippen LogP contribution in [-0.2, 0) is 4.57 Å². The van der Waals surface area contributed by atoms with Gasteiger partial charge in [0.15, 0.2) is 23.3 Å². The number of aryl methyl sites for hydroxylation is 1. The van der Waals surface area contributed by atoms with Crippen LogP contribution in [0.1, 0.15) is 5.56 Å². The van der Waals surface area contributed by atoms with Gasteiger partial charge >= 0.3 is 0 Å². The molecule has 8 heteroatoms. The zero-order valence-electron chi connectivity index (χ0n) is 17.3. The predicted octanol–water partition coefficient (Wildman–Crippen LogP) is 6.70. The quantitative estimate of drug-likeness (QED) is 0.151. The average Bonchev–Trinajstić information content (AvgIpc) is 2.84. The lowest BCUT2D eigenvalue weighted by Gasteiger charge is -2.25. The van der Waals surface area contributed by atoms with Crippen molar-refractivity contribution < 1.29 is 26.5 Å². The third-order valence-corrected chi connectivity index (χ3v) is 7.80. The summed E-state index contributed by atoms with van der Waals surface area (Å²) in [6, 6.07) is 21.5. The summed E-state index contributed by atoms with van der Waals surface area (Å²) in [5.74, 6) is -10.7. The largest absolute Gasteiger partial charge is 0.324 e. The summed E-state index contributed by atoms with van der Waals surface area (Å²) < 4.78 is 84.9. The second kappa shape index (κ2) is 8.83. The van der Waals surface area contributed by atoms with E-state index < -0.39 is 42.1 Å². The Kier molecular flexibility index (Phi) is 6.09. The smallest absolute Gasteiger partial charge is 0.227 e. The van der Waals surface area contributed by atoms with Crippen molar-refractivity contribution in [2.75, 3.05) is 5.09 Å².